The number of hydrogen-bond acceptors (Lipinski definition) is 4. The molecule has 24 heavy (non-hydrogen) atoms. The molecule has 7 nitrogen and oxygen atoms in total. The zero-order valence-electron chi connectivity index (χ0n) is 13.4. The van der Waals surface area contributed by atoms with Crippen LogP contribution in [0.4, 0.5) is 5.69 Å². The number of hydrogen-bond donors (Lipinski definition) is 2. The first-order valence-corrected chi connectivity index (χ1v) is 7.72. The number of ether oxygens (including phenoxy) is 1. The van der Waals surface area contributed by atoms with E-state index in [1.807, 2.05) is 6.20 Å². The minimum Gasteiger partial charge on any atom is -0.481 e. The molecule has 2 N–H and O–H groups in total. The van der Waals surface area contributed by atoms with Crippen LogP contribution in [0.3, 0.4) is 0 Å². The number of aromatic amines is 1. The molecular formula is C17H17N5O2. The van der Waals surface area contributed by atoms with Crippen LogP contribution in [-0.2, 0) is 6.42 Å². The quantitative estimate of drug-likeness (QED) is 0.776. The third-order valence-electron chi connectivity index (χ3n) is 4.28. The summed E-state index contributed by atoms with van der Waals surface area (Å²) in [5.41, 5.74) is 3.11. The van der Waals surface area contributed by atoms with Gasteiger partial charge < -0.3 is 19.6 Å². The Morgan fingerprint density at radius 3 is 3.04 bits per heavy atom. The van der Waals surface area contributed by atoms with Crippen molar-refractivity contribution in [2.24, 2.45) is 0 Å². The lowest BCUT2D eigenvalue weighted by atomic mass is 10.0. The van der Waals surface area contributed by atoms with E-state index in [0.29, 0.717) is 23.2 Å². The number of amides is 1. The van der Waals surface area contributed by atoms with Gasteiger partial charge in [0.05, 0.1) is 30.1 Å². The van der Waals surface area contributed by atoms with Crippen LogP contribution < -0.4 is 10.1 Å². The first-order chi connectivity index (χ1) is 11.7. The van der Waals surface area contributed by atoms with E-state index in [1.165, 1.54) is 0 Å². The van der Waals surface area contributed by atoms with Gasteiger partial charge in [-0.15, -0.1) is 0 Å². The summed E-state index contributed by atoms with van der Waals surface area (Å²) in [5, 5.41) is 2.87. The van der Waals surface area contributed by atoms with Crippen LogP contribution >= 0.6 is 0 Å². The number of H-pyrrole nitrogens is 1. The summed E-state index contributed by atoms with van der Waals surface area (Å²) >= 11 is 0. The van der Waals surface area contributed by atoms with Crippen LogP contribution in [0, 0.1) is 0 Å². The van der Waals surface area contributed by atoms with Gasteiger partial charge in [-0.3, -0.25) is 4.79 Å². The number of carbonyl (C=O) groups is 1. The molecule has 4 rings (SSSR count). The van der Waals surface area contributed by atoms with Crippen LogP contribution in [0.25, 0.3) is 11.4 Å². The van der Waals surface area contributed by atoms with Gasteiger partial charge >= 0.3 is 0 Å². The molecule has 4 heterocycles. The molecule has 1 aliphatic rings. The minimum atomic E-state index is -0.191. The fraction of sp³-hybridized carbons (Fsp3) is 0.235. The topological polar surface area (TPSA) is 84.8 Å². The zero-order valence-corrected chi connectivity index (χ0v) is 13.4. The highest BCUT2D eigenvalue weighted by molar-refractivity contribution is 6.08. The smallest absolute Gasteiger partial charge is 0.258 e. The second-order valence-corrected chi connectivity index (χ2v) is 5.81. The second-order valence-electron chi connectivity index (χ2n) is 5.81. The van der Waals surface area contributed by atoms with E-state index in [1.54, 1.807) is 37.8 Å². The molecule has 0 aromatic carbocycles. The lowest BCUT2D eigenvalue weighted by Crippen LogP contribution is -2.18. The molecule has 0 saturated carbocycles. The normalized spacial score (nSPS) is 15.5. The Bertz CT molecular complexity index is 894. The van der Waals surface area contributed by atoms with Gasteiger partial charge in [0.1, 0.15) is 5.82 Å². The summed E-state index contributed by atoms with van der Waals surface area (Å²) in [5.74, 6) is 1.13. The highest BCUT2D eigenvalue weighted by Gasteiger charge is 2.28. The van der Waals surface area contributed by atoms with Gasteiger partial charge in [-0.25, -0.2) is 9.97 Å². The molecule has 0 saturated heterocycles. The SMILES string of the molecule is COc1ccc(NC(=O)c2c[nH]c3c2-c2nccn2[C@@H](C)C3)cn1. The van der Waals surface area contributed by atoms with E-state index >= 15 is 0 Å². The first-order valence-electron chi connectivity index (χ1n) is 7.72. The van der Waals surface area contributed by atoms with E-state index in [2.05, 4.69) is 31.8 Å². The monoisotopic (exact) mass is 323 g/mol. The average molecular weight is 323 g/mol. The predicted molar refractivity (Wildman–Crippen MR) is 89.2 cm³/mol. The molecule has 0 aliphatic carbocycles. The predicted octanol–water partition coefficient (Wildman–Crippen LogP) is 2.65. The van der Waals surface area contributed by atoms with Crippen molar-refractivity contribution in [1.82, 2.24) is 19.5 Å². The molecular weight excluding hydrogens is 306 g/mol. The van der Waals surface area contributed by atoms with E-state index in [9.17, 15) is 4.79 Å². The number of rotatable bonds is 3. The lowest BCUT2D eigenvalue weighted by Gasteiger charge is -2.22. The molecule has 122 valence electrons. The molecule has 0 spiro atoms. The van der Waals surface area contributed by atoms with Crippen molar-refractivity contribution in [3.8, 4) is 17.3 Å². The molecule has 0 unspecified atom stereocenters. The van der Waals surface area contributed by atoms with E-state index in [0.717, 1.165) is 23.5 Å². The number of anilines is 1. The maximum atomic E-state index is 12.7. The zero-order chi connectivity index (χ0) is 16.7. The Kier molecular flexibility index (Phi) is 3.34. The summed E-state index contributed by atoms with van der Waals surface area (Å²) in [4.78, 5) is 24.4. The fourth-order valence-electron chi connectivity index (χ4n) is 3.09. The molecule has 7 heteroatoms. The fourth-order valence-corrected chi connectivity index (χ4v) is 3.09. The molecule has 0 bridgehead atoms. The number of aromatic nitrogens is 4. The van der Waals surface area contributed by atoms with Crippen molar-refractivity contribution < 1.29 is 9.53 Å². The maximum absolute atomic E-state index is 12.7. The number of carbonyl (C=O) groups excluding carboxylic acids is 1. The molecule has 0 radical (unpaired) electrons. The van der Waals surface area contributed by atoms with Crippen LogP contribution in [0.15, 0.2) is 36.9 Å². The average Bonchev–Trinajstić information content (AvgIpc) is 3.22. The summed E-state index contributed by atoms with van der Waals surface area (Å²) < 4.78 is 7.12. The van der Waals surface area contributed by atoms with Crippen LogP contribution in [0.1, 0.15) is 29.0 Å². The molecule has 1 atom stereocenters. The lowest BCUT2D eigenvalue weighted by molar-refractivity contribution is 0.102. The Hall–Kier alpha value is -3.09. The van der Waals surface area contributed by atoms with Gasteiger partial charge in [-0.2, -0.15) is 0 Å². The highest BCUT2D eigenvalue weighted by atomic mass is 16.5. The van der Waals surface area contributed by atoms with Crippen molar-refractivity contribution >= 4 is 11.6 Å². The molecule has 3 aromatic rings. The van der Waals surface area contributed by atoms with Crippen molar-refractivity contribution in [3.05, 3.63) is 48.2 Å². The summed E-state index contributed by atoms with van der Waals surface area (Å²) in [6.07, 6.45) is 7.87. The maximum Gasteiger partial charge on any atom is 0.258 e. The Morgan fingerprint density at radius 2 is 2.29 bits per heavy atom. The van der Waals surface area contributed by atoms with Crippen molar-refractivity contribution in [2.75, 3.05) is 12.4 Å². The van der Waals surface area contributed by atoms with E-state index < -0.39 is 0 Å². The molecule has 1 aliphatic heterocycles. The minimum absolute atomic E-state index is 0.191. The van der Waals surface area contributed by atoms with Gasteiger partial charge in [-0.05, 0) is 13.0 Å². The standard InChI is InChI=1S/C17H17N5O2/c1-10-7-13-15(16-18-5-6-22(10)16)12(9-19-13)17(23)21-11-3-4-14(24-2)20-8-11/h3-6,8-10,19H,7H2,1-2H3,(H,21,23)/t10-/m0/s1. The first kappa shape index (κ1) is 14.5. The van der Waals surface area contributed by atoms with Gasteiger partial charge in [0, 0.05) is 42.8 Å². The third kappa shape index (κ3) is 2.25. The van der Waals surface area contributed by atoms with Crippen molar-refractivity contribution in [3.63, 3.8) is 0 Å². The van der Waals surface area contributed by atoms with Gasteiger partial charge in [0.15, 0.2) is 0 Å². The highest BCUT2D eigenvalue weighted by Crippen LogP contribution is 2.35. The number of nitrogens with one attached hydrogen (secondary N) is 2. The number of fused-ring (bicyclic) bond motifs is 3. The van der Waals surface area contributed by atoms with Crippen LogP contribution in [0.2, 0.25) is 0 Å². The molecule has 3 aromatic heterocycles. The Morgan fingerprint density at radius 1 is 1.42 bits per heavy atom. The largest absolute Gasteiger partial charge is 0.481 e. The molecule has 0 fully saturated rings. The van der Waals surface area contributed by atoms with E-state index in [4.69, 9.17) is 4.74 Å². The van der Waals surface area contributed by atoms with Crippen molar-refractivity contribution in [1.29, 1.82) is 0 Å². The summed E-state index contributed by atoms with van der Waals surface area (Å²) in [6.45, 7) is 2.14. The number of methoxy groups -OCH3 is 1. The second kappa shape index (κ2) is 5.52. The van der Waals surface area contributed by atoms with Gasteiger partial charge in [-0.1, -0.05) is 0 Å². The Labute approximate surface area is 138 Å². The van der Waals surface area contributed by atoms with Crippen molar-refractivity contribution in [2.45, 2.75) is 19.4 Å². The van der Waals surface area contributed by atoms with E-state index in [-0.39, 0.29) is 5.91 Å². The van der Waals surface area contributed by atoms with Gasteiger partial charge in [0.2, 0.25) is 5.88 Å². The summed E-state index contributed by atoms with van der Waals surface area (Å²) in [7, 11) is 1.55. The van der Waals surface area contributed by atoms with Crippen LogP contribution in [-0.4, -0.2) is 32.5 Å². The van der Waals surface area contributed by atoms with Crippen LogP contribution in [0.5, 0.6) is 5.88 Å². The van der Waals surface area contributed by atoms with Gasteiger partial charge in [0.25, 0.3) is 5.91 Å². The number of pyridine rings is 1. The third-order valence-corrected chi connectivity index (χ3v) is 4.28. The number of imidazole rings is 1. The molecule has 1 amide bonds. The Balaban J connectivity index is 1.65. The number of nitrogens with zero attached hydrogens (tertiary/aromatic N) is 3. The summed E-state index contributed by atoms with van der Waals surface area (Å²) in [6, 6.07) is 3.78.